The molecule has 4 rings (SSSR count). The maximum Gasteiger partial charge on any atom is 0.332 e. The second-order valence-electron chi connectivity index (χ2n) is 7.42. The number of Topliss-reactive ketones (excluding diaryl/α,β-unsaturated/α-hetero) is 1. The van der Waals surface area contributed by atoms with Gasteiger partial charge in [0.1, 0.15) is 17.2 Å². The van der Waals surface area contributed by atoms with E-state index in [4.69, 9.17) is 5.73 Å². The van der Waals surface area contributed by atoms with E-state index in [1.54, 1.807) is 23.9 Å². The SMILES string of the molecule is CCn1c(=O)c(C(=O)CNc2ccn(-c3ccccc3)n2)c(N)n(Cc2ccccc2)c1=O. The Morgan fingerprint density at radius 3 is 2.30 bits per heavy atom. The van der Waals surface area contributed by atoms with Crippen molar-refractivity contribution in [3.8, 4) is 5.69 Å². The van der Waals surface area contributed by atoms with Gasteiger partial charge in [-0.1, -0.05) is 48.5 Å². The van der Waals surface area contributed by atoms with Crippen molar-refractivity contribution in [3.05, 3.63) is 105 Å². The van der Waals surface area contributed by atoms with Crippen LogP contribution in [0.5, 0.6) is 0 Å². The standard InChI is InChI=1S/C24H24N6O3/c1-2-28-23(32)21(22(25)29(24(28)33)16-17-9-5-3-6-10-17)19(31)15-26-20-13-14-30(27-20)18-11-7-4-8-12-18/h3-14H,2,15-16,25H2,1H3,(H,26,27). The molecule has 9 nitrogen and oxygen atoms in total. The highest BCUT2D eigenvalue weighted by atomic mass is 16.2. The summed E-state index contributed by atoms with van der Waals surface area (Å²) >= 11 is 0. The fourth-order valence-electron chi connectivity index (χ4n) is 3.58. The zero-order valence-electron chi connectivity index (χ0n) is 18.1. The topological polar surface area (TPSA) is 117 Å². The third kappa shape index (κ3) is 4.47. The maximum absolute atomic E-state index is 13.0. The summed E-state index contributed by atoms with van der Waals surface area (Å²) in [6.07, 6.45) is 1.76. The van der Waals surface area contributed by atoms with Crippen molar-refractivity contribution >= 4 is 17.4 Å². The Morgan fingerprint density at radius 2 is 1.64 bits per heavy atom. The summed E-state index contributed by atoms with van der Waals surface area (Å²) in [5.74, 6) is -0.185. The van der Waals surface area contributed by atoms with E-state index >= 15 is 0 Å². The second kappa shape index (κ2) is 9.39. The van der Waals surface area contributed by atoms with Gasteiger partial charge in [-0.2, -0.15) is 5.10 Å². The molecule has 0 atom stereocenters. The van der Waals surface area contributed by atoms with Crippen LogP contribution in [0.3, 0.4) is 0 Å². The number of nitrogen functional groups attached to an aromatic ring is 1. The molecule has 0 aliphatic rings. The monoisotopic (exact) mass is 444 g/mol. The van der Waals surface area contributed by atoms with Crippen molar-refractivity contribution < 1.29 is 4.79 Å². The van der Waals surface area contributed by atoms with Crippen molar-refractivity contribution in [2.75, 3.05) is 17.6 Å². The number of nitrogens with zero attached hydrogens (tertiary/aromatic N) is 4. The molecular weight excluding hydrogens is 420 g/mol. The Bertz CT molecular complexity index is 1390. The molecule has 0 unspecified atom stereocenters. The Balaban J connectivity index is 1.61. The van der Waals surface area contributed by atoms with Gasteiger partial charge < -0.3 is 11.1 Å². The van der Waals surface area contributed by atoms with E-state index < -0.39 is 17.0 Å². The van der Waals surface area contributed by atoms with Crippen LogP contribution in [0.2, 0.25) is 0 Å². The second-order valence-corrected chi connectivity index (χ2v) is 7.42. The van der Waals surface area contributed by atoms with E-state index in [0.717, 1.165) is 15.8 Å². The van der Waals surface area contributed by atoms with Crippen LogP contribution in [0, 0.1) is 0 Å². The summed E-state index contributed by atoms with van der Waals surface area (Å²) in [4.78, 5) is 38.7. The molecule has 168 valence electrons. The molecule has 3 N–H and O–H groups in total. The number of nitrogens with one attached hydrogen (secondary N) is 1. The molecule has 2 heterocycles. The number of rotatable bonds is 8. The first-order valence-corrected chi connectivity index (χ1v) is 10.5. The lowest BCUT2D eigenvalue weighted by molar-refractivity contribution is 0.100. The molecule has 0 amide bonds. The first-order valence-electron chi connectivity index (χ1n) is 10.5. The molecule has 4 aromatic rings. The highest BCUT2D eigenvalue weighted by Crippen LogP contribution is 2.12. The van der Waals surface area contributed by atoms with E-state index in [1.807, 2.05) is 60.7 Å². The van der Waals surface area contributed by atoms with Gasteiger partial charge in [0.05, 0.1) is 18.8 Å². The summed E-state index contributed by atoms with van der Waals surface area (Å²) in [6, 6.07) is 20.5. The molecule has 0 spiro atoms. The summed E-state index contributed by atoms with van der Waals surface area (Å²) < 4.78 is 3.96. The number of aromatic nitrogens is 4. The lowest BCUT2D eigenvalue weighted by Gasteiger charge is -2.16. The number of ketones is 1. The minimum absolute atomic E-state index is 0.127. The number of nitrogens with two attached hydrogens (primary N) is 1. The van der Waals surface area contributed by atoms with Gasteiger partial charge in [0.15, 0.2) is 5.78 Å². The van der Waals surface area contributed by atoms with E-state index in [9.17, 15) is 14.4 Å². The number of carbonyl (C=O) groups excluding carboxylic acids is 1. The van der Waals surface area contributed by atoms with Gasteiger partial charge >= 0.3 is 5.69 Å². The Hall–Kier alpha value is -4.40. The molecule has 0 radical (unpaired) electrons. The van der Waals surface area contributed by atoms with Gasteiger partial charge in [-0.15, -0.1) is 0 Å². The van der Waals surface area contributed by atoms with Gasteiger partial charge in [-0.3, -0.25) is 18.7 Å². The Kier molecular flexibility index (Phi) is 6.21. The molecule has 2 aromatic heterocycles. The molecular formula is C24H24N6O3. The number of benzene rings is 2. The molecule has 9 heteroatoms. The van der Waals surface area contributed by atoms with Crippen molar-refractivity contribution in [1.29, 1.82) is 0 Å². The lowest BCUT2D eigenvalue weighted by atomic mass is 10.1. The van der Waals surface area contributed by atoms with Crippen LogP contribution in [-0.2, 0) is 13.1 Å². The van der Waals surface area contributed by atoms with Crippen LogP contribution in [0.1, 0.15) is 22.8 Å². The van der Waals surface area contributed by atoms with Crippen molar-refractivity contribution in [2.45, 2.75) is 20.0 Å². The zero-order valence-corrected chi connectivity index (χ0v) is 18.1. The van der Waals surface area contributed by atoms with Crippen molar-refractivity contribution in [3.63, 3.8) is 0 Å². The average molecular weight is 444 g/mol. The van der Waals surface area contributed by atoms with E-state index in [1.165, 1.54) is 4.57 Å². The fourth-order valence-corrected chi connectivity index (χ4v) is 3.58. The minimum Gasteiger partial charge on any atom is -0.384 e. The zero-order chi connectivity index (χ0) is 23.4. The first kappa shape index (κ1) is 21.8. The summed E-state index contributed by atoms with van der Waals surface area (Å²) in [7, 11) is 0. The maximum atomic E-state index is 13.0. The number of hydrogen-bond acceptors (Lipinski definition) is 6. The quantitative estimate of drug-likeness (QED) is 0.402. The van der Waals surface area contributed by atoms with Gasteiger partial charge in [-0.25, -0.2) is 9.48 Å². The predicted molar refractivity (Wildman–Crippen MR) is 127 cm³/mol. The van der Waals surface area contributed by atoms with E-state index in [2.05, 4.69) is 10.4 Å². The van der Waals surface area contributed by atoms with E-state index in [0.29, 0.717) is 5.82 Å². The molecule has 33 heavy (non-hydrogen) atoms. The molecule has 2 aromatic carbocycles. The van der Waals surface area contributed by atoms with Crippen molar-refractivity contribution in [2.24, 2.45) is 0 Å². The van der Waals surface area contributed by atoms with Crippen LogP contribution < -0.4 is 22.3 Å². The van der Waals surface area contributed by atoms with Crippen molar-refractivity contribution in [1.82, 2.24) is 18.9 Å². The fraction of sp³-hybridized carbons (Fsp3) is 0.167. The average Bonchev–Trinajstić information content (AvgIpc) is 3.31. The number of anilines is 2. The highest BCUT2D eigenvalue weighted by molar-refractivity contribution is 6.02. The van der Waals surface area contributed by atoms with Crippen LogP contribution in [0.25, 0.3) is 5.69 Å². The summed E-state index contributed by atoms with van der Waals surface area (Å²) in [5, 5.41) is 7.33. The van der Waals surface area contributed by atoms with Crippen LogP contribution in [-0.4, -0.2) is 31.2 Å². The Morgan fingerprint density at radius 1 is 0.970 bits per heavy atom. The van der Waals surface area contributed by atoms with Crippen LogP contribution in [0.15, 0.2) is 82.5 Å². The minimum atomic E-state index is -0.689. The molecule has 0 saturated carbocycles. The number of carbonyl (C=O) groups is 1. The molecule has 0 aliphatic heterocycles. The summed E-state index contributed by atoms with van der Waals surface area (Å²) in [5.41, 5.74) is 6.45. The highest BCUT2D eigenvalue weighted by Gasteiger charge is 2.22. The van der Waals surface area contributed by atoms with Gasteiger partial charge in [-0.05, 0) is 24.6 Å². The third-order valence-corrected chi connectivity index (χ3v) is 5.29. The van der Waals surface area contributed by atoms with Crippen LogP contribution >= 0.6 is 0 Å². The lowest BCUT2D eigenvalue weighted by Crippen LogP contribution is -2.44. The largest absolute Gasteiger partial charge is 0.384 e. The molecule has 0 aliphatic carbocycles. The first-order chi connectivity index (χ1) is 16.0. The van der Waals surface area contributed by atoms with Crippen LogP contribution in [0.4, 0.5) is 11.6 Å². The normalized spacial score (nSPS) is 10.8. The van der Waals surface area contributed by atoms with Gasteiger partial charge in [0, 0.05) is 18.8 Å². The number of hydrogen-bond donors (Lipinski definition) is 2. The molecule has 0 fully saturated rings. The van der Waals surface area contributed by atoms with E-state index in [-0.39, 0.29) is 31.0 Å². The number of para-hydroxylation sites is 1. The Labute approximate surface area is 189 Å². The third-order valence-electron chi connectivity index (χ3n) is 5.29. The van der Waals surface area contributed by atoms with Gasteiger partial charge in [0.2, 0.25) is 0 Å². The smallest absolute Gasteiger partial charge is 0.332 e. The predicted octanol–water partition coefficient (Wildman–Crippen LogP) is 2.14. The van der Waals surface area contributed by atoms with Gasteiger partial charge in [0.25, 0.3) is 5.56 Å². The molecule has 0 bridgehead atoms. The summed E-state index contributed by atoms with van der Waals surface area (Å²) in [6.45, 7) is 1.76. The molecule has 0 saturated heterocycles.